The van der Waals surface area contributed by atoms with Crippen LogP contribution in [0.2, 0.25) is 0 Å². The minimum atomic E-state index is -1.14. The van der Waals surface area contributed by atoms with Crippen LogP contribution in [-0.2, 0) is 19.1 Å². The van der Waals surface area contributed by atoms with E-state index in [2.05, 4.69) is 20.7 Å². The van der Waals surface area contributed by atoms with Crippen molar-refractivity contribution in [1.29, 1.82) is 0 Å². The number of carbonyl (C=O) groups is 3. The maximum Gasteiger partial charge on any atom is 0.333 e. The molecule has 0 aliphatic carbocycles. The number of halogens is 1. The van der Waals surface area contributed by atoms with Crippen LogP contribution in [-0.4, -0.2) is 74.6 Å². The highest BCUT2D eigenvalue weighted by Crippen LogP contribution is 2.31. The second-order valence-electron chi connectivity index (χ2n) is 12.9. The van der Waals surface area contributed by atoms with Gasteiger partial charge in [-0.3, -0.25) is 9.59 Å². The molecule has 10 nitrogen and oxygen atoms in total. The Bertz CT molecular complexity index is 1310. The standard InChI is InChI=1S/C36H54BrNO9/c1-18(11-10-12-19(2)36(46)47-9)31(41)23(6)33(43)25(8)34(44)24(7)32(42)21(4)15-20(3)29(39)17-30(40)22(5)35(45)26-13-14-27(37)28(38)16-26/h10-16,18,21-25,31-35,41-45H,17,38H2,1-9H3/b11-10+,19-12+,20-15+/t18-,21?,22+,23-,24-,25-,31+,32+,33-,34-,35+/m1/s1. The van der Waals surface area contributed by atoms with E-state index in [1.165, 1.54) is 7.11 Å². The van der Waals surface area contributed by atoms with E-state index in [9.17, 15) is 39.9 Å². The minimum absolute atomic E-state index is 0.268. The average Bonchev–Trinajstić information content (AvgIpc) is 3.05. The summed E-state index contributed by atoms with van der Waals surface area (Å²) in [5, 5.41) is 54.7. The third-order valence-electron chi connectivity index (χ3n) is 9.21. The molecule has 1 unspecified atom stereocenters. The number of hydrogen-bond donors (Lipinski definition) is 6. The summed E-state index contributed by atoms with van der Waals surface area (Å²) in [5.74, 6) is -5.21. The van der Waals surface area contributed by atoms with E-state index in [-0.39, 0.29) is 11.5 Å². The van der Waals surface area contributed by atoms with Crippen LogP contribution in [0.5, 0.6) is 0 Å². The van der Waals surface area contributed by atoms with Crippen molar-refractivity contribution in [3.63, 3.8) is 0 Å². The summed E-state index contributed by atoms with van der Waals surface area (Å²) < 4.78 is 5.32. The number of esters is 1. The maximum atomic E-state index is 12.9. The molecule has 11 heteroatoms. The quantitative estimate of drug-likeness (QED) is 0.0415. The van der Waals surface area contributed by atoms with E-state index < -0.39 is 84.1 Å². The minimum Gasteiger partial charge on any atom is -0.466 e. The number of carbonyl (C=O) groups excluding carboxylic acids is 3. The van der Waals surface area contributed by atoms with E-state index in [1.807, 2.05) is 0 Å². The largest absolute Gasteiger partial charge is 0.466 e. The first-order valence-electron chi connectivity index (χ1n) is 15.9. The summed E-state index contributed by atoms with van der Waals surface area (Å²) in [5.41, 5.74) is 7.43. The highest BCUT2D eigenvalue weighted by molar-refractivity contribution is 9.10. The Morgan fingerprint density at radius 3 is 1.85 bits per heavy atom. The van der Waals surface area contributed by atoms with Gasteiger partial charge in [-0.1, -0.05) is 71.9 Å². The Morgan fingerprint density at radius 1 is 0.830 bits per heavy atom. The smallest absolute Gasteiger partial charge is 0.333 e. The molecule has 0 saturated heterocycles. The first kappa shape index (κ1) is 42.4. The van der Waals surface area contributed by atoms with Crippen LogP contribution in [0.4, 0.5) is 5.69 Å². The molecule has 0 saturated carbocycles. The second kappa shape index (κ2) is 19.4. The van der Waals surface area contributed by atoms with Gasteiger partial charge in [0.2, 0.25) is 0 Å². The Balaban J connectivity index is 2.84. The number of aliphatic hydroxyl groups is 5. The maximum absolute atomic E-state index is 12.9. The zero-order valence-electron chi connectivity index (χ0n) is 28.9. The third-order valence-corrected chi connectivity index (χ3v) is 9.93. The van der Waals surface area contributed by atoms with Gasteiger partial charge in [0.05, 0.1) is 44.1 Å². The van der Waals surface area contributed by atoms with Crippen LogP contribution in [0.1, 0.15) is 73.5 Å². The van der Waals surface area contributed by atoms with Gasteiger partial charge >= 0.3 is 5.97 Å². The van der Waals surface area contributed by atoms with Crippen molar-refractivity contribution < 1.29 is 44.7 Å². The Hall–Kier alpha value is -2.67. The lowest BCUT2D eigenvalue weighted by molar-refractivity contribution is -0.136. The number of methoxy groups -OCH3 is 1. The molecule has 1 rings (SSSR count). The number of nitrogens with two attached hydrogens (primary N) is 1. The van der Waals surface area contributed by atoms with Gasteiger partial charge in [-0.2, -0.15) is 0 Å². The van der Waals surface area contributed by atoms with Gasteiger partial charge in [0.1, 0.15) is 5.78 Å². The Morgan fingerprint density at radius 2 is 1.34 bits per heavy atom. The fraction of sp³-hybridized carbons (Fsp3) is 0.583. The highest BCUT2D eigenvalue weighted by atomic mass is 79.9. The van der Waals surface area contributed by atoms with Gasteiger partial charge in [0.25, 0.3) is 0 Å². The summed E-state index contributed by atoms with van der Waals surface area (Å²) in [6.07, 6.45) is 0.604. The van der Waals surface area contributed by atoms with Crippen molar-refractivity contribution in [3.8, 4) is 0 Å². The average molecular weight is 725 g/mol. The van der Waals surface area contributed by atoms with Gasteiger partial charge in [-0.25, -0.2) is 4.79 Å². The zero-order valence-corrected chi connectivity index (χ0v) is 30.5. The van der Waals surface area contributed by atoms with Crippen LogP contribution >= 0.6 is 15.9 Å². The summed E-state index contributed by atoms with van der Waals surface area (Å²) in [7, 11) is 1.29. The molecule has 0 heterocycles. The number of nitrogen functional groups attached to an aromatic ring is 1. The molecular weight excluding hydrogens is 670 g/mol. The lowest BCUT2D eigenvalue weighted by Crippen LogP contribution is -2.45. The van der Waals surface area contributed by atoms with Crippen LogP contribution < -0.4 is 5.73 Å². The van der Waals surface area contributed by atoms with Gasteiger partial charge in [-0.15, -0.1) is 0 Å². The van der Waals surface area contributed by atoms with Crippen molar-refractivity contribution in [2.45, 2.75) is 92.3 Å². The van der Waals surface area contributed by atoms with Crippen LogP contribution in [0.15, 0.2) is 58.1 Å². The SMILES string of the molecule is COC(=O)/C(C)=C/C=C/[C@@H](C)[C@H](O)[C@@H](C)[C@@H](O)[C@@H](C)[C@H](O)[C@H](C)[C@@H](O)C(C)/C=C(\C)C(=O)CC(=O)[C@H](C)[C@H](O)c1ccc(Br)c(N)c1. The number of rotatable bonds is 18. The zero-order chi connectivity index (χ0) is 36.3. The second-order valence-corrected chi connectivity index (χ2v) is 13.8. The van der Waals surface area contributed by atoms with Crippen molar-refractivity contribution in [2.24, 2.45) is 35.5 Å². The van der Waals surface area contributed by atoms with E-state index in [4.69, 9.17) is 5.73 Å². The number of hydrogen-bond acceptors (Lipinski definition) is 10. The molecule has 0 fully saturated rings. The van der Waals surface area contributed by atoms with Crippen molar-refractivity contribution in [1.82, 2.24) is 0 Å². The summed E-state index contributed by atoms with van der Waals surface area (Å²) in [4.78, 5) is 37.3. The normalized spacial score (nSPS) is 19.9. The molecule has 0 amide bonds. The molecule has 0 spiro atoms. The third kappa shape index (κ3) is 12.1. The predicted octanol–water partition coefficient (Wildman–Crippen LogP) is 4.48. The van der Waals surface area contributed by atoms with Crippen LogP contribution in [0.25, 0.3) is 0 Å². The topological polar surface area (TPSA) is 188 Å². The molecule has 264 valence electrons. The number of benzene rings is 1. The molecule has 0 radical (unpaired) electrons. The molecule has 7 N–H and O–H groups in total. The van der Waals surface area contributed by atoms with E-state index in [0.29, 0.717) is 21.3 Å². The van der Waals surface area contributed by atoms with Crippen LogP contribution in [0, 0.1) is 35.5 Å². The molecular formula is C36H54BrNO9. The van der Waals surface area contributed by atoms with E-state index in [0.717, 1.165) is 0 Å². The number of ketones is 2. The highest BCUT2D eigenvalue weighted by Gasteiger charge is 2.37. The Kier molecular flexibility index (Phi) is 17.4. The molecule has 47 heavy (non-hydrogen) atoms. The number of anilines is 1. The number of aliphatic hydroxyl groups excluding tert-OH is 5. The lowest BCUT2D eigenvalue weighted by Gasteiger charge is -2.36. The number of allylic oxidation sites excluding steroid dienone is 3. The molecule has 0 aliphatic heterocycles. The monoisotopic (exact) mass is 723 g/mol. The molecule has 0 aliphatic rings. The molecule has 11 atom stereocenters. The number of ether oxygens (including phenoxy) is 1. The molecule has 1 aromatic carbocycles. The molecule has 1 aromatic rings. The first-order valence-corrected chi connectivity index (χ1v) is 16.7. The van der Waals surface area contributed by atoms with E-state index >= 15 is 0 Å². The van der Waals surface area contributed by atoms with Crippen molar-refractivity contribution >= 4 is 39.2 Å². The van der Waals surface area contributed by atoms with Crippen LogP contribution in [0.3, 0.4) is 0 Å². The lowest BCUT2D eigenvalue weighted by atomic mass is 9.77. The van der Waals surface area contributed by atoms with Crippen molar-refractivity contribution in [3.05, 3.63) is 63.7 Å². The summed E-state index contributed by atoms with van der Waals surface area (Å²) >= 11 is 3.29. The van der Waals surface area contributed by atoms with Crippen molar-refractivity contribution in [2.75, 3.05) is 12.8 Å². The van der Waals surface area contributed by atoms with Gasteiger partial charge in [-0.05, 0) is 53.0 Å². The fourth-order valence-corrected chi connectivity index (χ4v) is 5.74. The molecule has 0 bridgehead atoms. The van der Waals surface area contributed by atoms with Gasteiger partial charge in [0.15, 0.2) is 5.78 Å². The van der Waals surface area contributed by atoms with Gasteiger partial charge in [0, 0.05) is 51.2 Å². The summed E-state index contributed by atoms with van der Waals surface area (Å²) in [6, 6.07) is 4.90. The predicted molar refractivity (Wildman–Crippen MR) is 186 cm³/mol. The fourth-order valence-electron chi connectivity index (χ4n) is 5.49. The van der Waals surface area contributed by atoms with E-state index in [1.54, 1.807) is 97.9 Å². The van der Waals surface area contributed by atoms with Gasteiger partial charge < -0.3 is 36.0 Å². The summed E-state index contributed by atoms with van der Waals surface area (Å²) in [6.45, 7) is 13.1. The molecule has 0 aromatic heterocycles. The number of Topliss-reactive ketones (excluding diaryl/α,β-unsaturated/α-hetero) is 2. The Labute approximate surface area is 287 Å². The first-order chi connectivity index (χ1) is 21.8.